The second-order valence-corrected chi connectivity index (χ2v) is 6.48. The zero-order valence-corrected chi connectivity index (χ0v) is 13.9. The van der Waals surface area contributed by atoms with Crippen LogP contribution in [-0.2, 0) is 20.8 Å². The molecule has 2 heterocycles. The minimum Gasteiger partial charge on any atom is -0.356 e. The van der Waals surface area contributed by atoms with Gasteiger partial charge in [-0.2, -0.15) is 0 Å². The summed E-state index contributed by atoms with van der Waals surface area (Å²) < 4.78 is 10.6. The predicted molar refractivity (Wildman–Crippen MR) is 87.7 cm³/mol. The van der Waals surface area contributed by atoms with Crippen molar-refractivity contribution in [1.82, 2.24) is 10.2 Å². The third-order valence-electron chi connectivity index (χ3n) is 5.18. The average Bonchev–Trinajstić information content (AvgIpc) is 2.99. The topological polar surface area (TPSA) is 50.8 Å². The van der Waals surface area contributed by atoms with Gasteiger partial charge in [-0.15, -0.1) is 0 Å². The first kappa shape index (κ1) is 16.4. The number of carbonyl (C=O) groups excluding carboxylic acids is 1. The highest BCUT2D eigenvalue weighted by Gasteiger charge is 2.45. The maximum Gasteiger partial charge on any atom is 0.240 e. The van der Waals surface area contributed by atoms with Gasteiger partial charge >= 0.3 is 0 Å². The Morgan fingerprint density at radius 1 is 1.26 bits per heavy atom. The lowest BCUT2D eigenvalue weighted by molar-refractivity contribution is -0.139. The molecular weight excluding hydrogens is 292 g/mol. The van der Waals surface area contributed by atoms with Crippen molar-refractivity contribution in [1.29, 1.82) is 0 Å². The van der Waals surface area contributed by atoms with Crippen molar-refractivity contribution in [2.75, 3.05) is 27.3 Å². The number of rotatable bonds is 6. The van der Waals surface area contributed by atoms with E-state index in [9.17, 15) is 4.79 Å². The molecule has 0 saturated carbocycles. The van der Waals surface area contributed by atoms with Crippen LogP contribution in [0.4, 0.5) is 0 Å². The van der Waals surface area contributed by atoms with Crippen LogP contribution in [0, 0.1) is 11.8 Å². The molecule has 0 aromatic heterocycles. The van der Waals surface area contributed by atoms with Gasteiger partial charge in [0.2, 0.25) is 5.91 Å². The highest BCUT2D eigenvalue weighted by atomic mass is 16.7. The Balaban J connectivity index is 1.61. The molecule has 0 aliphatic carbocycles. The summed E-state index contributed by atoms with van der Waals surface area (Å²) in [4.78, 5) is 14.8. The number of nitrogens with zero attached hydrogens (tertiary/aromatic N) is 1. The van der Waals surface area contributed by atoms with Crippen LogP contribution in [-0.4, -0.2) is 50.4 Å². The fraction of sp³-hybridized carbons (Fsp3) is 0.611. The number of amides is 1. The normalized spacial score (nSPS) is 27.5. The van der Waals surface area contributed by atoms with Crippen LogP contribution >= 0.6 is 0 Å². The Kier molecular flexibility index (Phi) is 5.30. The summed E-state index contributed by atoms with van der Waals surface area (Å²) in [6.07, 6.45) is 1.70. The SMILES string of the molecule is COC(C[C@@H]1CN[C@@H]2C(=O)N(Cc3ccccc3)CC[C@H]12)OC. The van der Waals surface area contributed by atoms with Crippen molar-refractivity contribution in [3.8, 4) is 0 Å². The van der Waals surface area contributed by atoms with Crippen molar-refractivity contribution in [2.45, 2.75) is 31.7 Å². The summed E-state index contributed by atoms with van der Waals surface area (Å²) in [5, 5.41) is 3.43. The van der Waals surface area contributed by atoms with Gasteiger partial charge in [-0.3, -0.25) is 4.79 Å². The fourth-order valence-corrected chi connectivity index (χ4v) is 3.89. The van der Waals surface area contributed by atoms with E-state index in [0.717, 1.165) is 25.9 Å². The summed E-state index contributed by atoms with van der Waals surface area (Å²) in [5.41, 5.74) is 1.19. The molecule has 0 bridgehead atoms. The number of fused-ring (bicyclic) bond motifs is 1. The molecule has 126 valence electrons. The summed E-state index contributed by atoms with van der Waals surface area (Å²) >= 11 is 0. The van der Waals surface area contributed by atoms with Crippen LogP contribution in [0.15, 0.2) is 30.3 Å². The minimum atomic E-state index is -0.182. The fourth-order valence-electron chi connectivity index (χ4n) is 3.89. The maximum absolute atomic E-state index is 12.8. The molecule has 1 aromatic carbocycles. The monoisotopic (exact) mass is 318 g/mol. The van der Waals surface area contributed by atoms with Gasteiger partial charge in [0.25, 0.3) is 0 Å². The van der Waals surface area contributed by atoms with Crippen LogP contribution in [0.25, 0.3) is 0 Å². The molecule has 2 aliphatic rings. The van der Waals surface area contributed by atoms with Crippen LogP contribution in [0.2, 0.25) is 0 Å². The lowest BCUT2D eigenvalue weighted by Gasteiger charge is -2.36. The molecule has 0 radical (unpaired) electrons. The largest absolute Gasteiger partial charge is 0.356 e. The molecule has 1 amide bonds. The number of carbonyl (C=O) groups is 1. The van der Waals surface area contributed by atoms with E-state index in [0.29, 0.717) is 18.4 Å². The Labute approximate surface area is 137 Å². The van der Waals surface area contributed by atoms with Gasteiger partial charge < -0.3 is 19.7 Å². The van der Waals surface area contributed by atoms with Gasteiger partial charge in [-0.1, -0.05) is 30.3 Å². The number of benzene rings is 1. The maximum atomic E-state index is 12.8. The molecule has 0 unspecified atom stereocenters. The molecule has 0 spiro atoms. The van der Waals surface area contributed by atoms with Gasteiger partial charge in [0.15, 0.2) is 6.29 Å². The molecule has 2 fully saturated rings. The number of likely N-dealkylation sites (tertiary alicyclic amines) is 1. The van der Waals surface area contributed by atoms with Crippen molar-refractivity contribution < 1.29 is 14.3 Å². The van der Waals surface area contributed by atoms with Gasteiger partial charge in [0.1, 0.15) is 0 Å². The number of methoxy groups -OCH3 is 2. The summed E-state index contributed by atoms with van der Waals surface area (Å²) in [6.45, 7) is 2.40. The quantitative estimate of drug-likeness (QED) is 0.810. The Bertz CT molecular complexity index is 518. The van der Waals surface area contributed by atoms with Crippen molar-refractivity contribution in [3.63, 3.8) is 0 Å². The van der Waals surface area contributed by atoms with Gasteiger partial charge in [-0.05, 0) is 30.4 Å². The molecule has 3 rings (SSSR count). The second-order valence-electron chi connectivity index (χ2n) is 6.48. The number of piperidine rings is 1. The van der Waals surface area contributed by atoms with Crippen molar-refractivity contribution >= 4 is 5.91 Å². The molecule has 5 heteroatoms. The van der Waals surface area contributed by atoms with Crippen LogP contribution in [0.5, 0.6) is 0 Å². The number of hydrogen-bond acceptors (Lipinski definition) is 4. The molecule has 2 saturated heterocycles. The van der Waals surface area contributed by atoms with E-state index in [1.807, 2.05) is 23.1 Å². The first-order valence-corrected chi connectivity index (χ1v) is 8.34. The lowest BCUT2D eigenvalue weighted by atomic mass is 9.82. The van der Waals surface area contributed by atoms with E-state index in [-0.39, 0.29) is 18.2 Å². The molecule has 2 aliphatic heterocycles. The summed E-state index contributed by atoms with van der Waals surface area (Å²) in [6, 6.07) is 10.1. The van der Waals surface area contributed by atoms with Crippen molar-refractivity contribution in [2.24, 2.45) is 11.8 Å². The molecule has 1 aromatic rings. The smallest absolute Gasteiger partial charge is 0.240 e. The van der Waals surface area contributed by atoms with Gasteiger partial charge in [0.05, 0.1) is 6.04 Å². The summed E-state index contributed by atoms with van der Waals surface area (Å²) in [7, 11) is 3.34. The predicted octanol–water partition coefficient (Wildman–Crippen LogP) is 1.63. The standard InChI is InChI=1S/C18H26N2O3/c1-22-16(23-2)10-14-11-19-17-15(14)8-9-20(18(17)21)12-13-6-4-3-5-7-13/h3-7,14-17,19H,8-12H2,1-2H3/t14-,15-,17+/m1/s1. The molecule has 5 nitrogen and oxygen atoms in total. The zero-order valence-electron chi connectivity index (χ0n) is 13.9. The van der Waals surface area contributed by atoms with Crippen molar-refractivity contribution in [3.05, 3.63) is 35.9 Å². The second kappa shape index (κ2) is 7.43. The third kappa shape index (κ3) is 3.57. The van der Waals surface area contributed by atoms with E-state index in [2.05, 4.69) is 17.4 Å². The average molecular weight is 318 g/mol. The third-order valence-corrected chi connectivity index (χ3v) is 5.18. The minimum absolute atomic E-state index is 0.0492. The lowest BCUT2D eigenvalue weighted by Crippen LogP contribution is -2.51. The number of nitrogens with one attached hydrogen (secondary N) is 1. The molecule has 23 heavy (non-hydrogen) atoms. The van der Waals surface area contributed by atoms with E-state index in [4.69, 9.17) is 9.47 Å². The molecule has 1 N–H and O–H groups in total. The van der Waals surface area contributed by atoms with Gasteiger partial charge in [-0.25, -0.2) is 0 Å². The van der Waals surface area contributed by atoms with Crippen LogP contribution in [0.1, 0.15) is 18.4 Å². The van der Waals surface area contributed by atoms with Crippen LogP contribution < -0.4 is 5.32 Å². The Hall–Kier alpha value is -1.43. The van der Waals surface area contributed by atoms with Gasteiger partial charge in [0, 0.05) is 33.7 Å². The zero-order chi connectivity index (χ0) is 16.2. The molecule has 3 atom stereocenters. The Morgan fingerprint density at radius 3 is 2.70 bits per heavy atom. The number of ether oxygens (including phenoxy) is 2. The number of hydrogen-bond donors (Lipinski definition) is 1. The first-order chi connectivity index (χ1) is 11.2. The van der Waals surface area contributed by atoms with E-state index in [1.165, 1.54) is 5.56 Å². The highest BCUT2D eigenvalue weighted by Crippen LogP contribution is 2.34. The first-order valence-electron chi connectivity index (χ1n) is 8.34. The van der Waals surface area contributed by atoms with E-state index in [1.54, 1.807) is 14.2 Å². The molecular formula is C18H26N2O3. The summed E-state index contributed by atoms with van der Waals surface area (Å²) in [5.74, 6) is 1.06. The van der Waals surface area contributed by atoms with Crippen LogP contribution in [0.3, 0.4) is 0 Å². The van der Waals surface area contributed by atoms with E-state index >= 15 is 0 Å². The van der Waals surface area contributed by atoms with E-state index < -0.39 is 0 Å². The highest BCUT2D eigenvalue weighted by molar-refractivity contribution is 5.83. The Morgan fingerprint density at radius 2 is 2.00 bits per heavy atom.